The standard InChI is InChI=1S/C14H15NO3S/c1-9-3-5-11(12(7-9)18-2)14-15-10(8-19-14)4-6-13(16)17/h3,5,7-8H,4,6H2,1-2H3,(H,16,17). The monoisotopic (exact) mass is 277 g/mol. The summed E-state index contributed by atoms with van der Waals surface area (Å²) in [6, 6.07) is 5.96. The van der Waals surface area contributed by atoms with Crippen molar-refractivity contribution in [3.05, 3.63) is 34.8 Å². The molecule has 1 heterocycles. The molecule has 1 aromatic carbocycles. The molecule has 0 unspecified atom stereocenters. The molecular formula is C14H15NO3S. The predicted molar refractivity (Wildman–Crippen MR) is 74.8 cm³/mol. The summed E-state index contributed by atoms with van der Waals surface area (Å²) in [6.07, 6.45) is 0.564. The molecule has 0 spiro atoms. The van der Waals surface area contributed by atoms with Crippen LogP contribution in [0.4, 0.5) is 0 Å². The zero-order valence-electron chi connectivity index (χ0n) is 10.8. The molecule has 1 aromatic heterocycles. The number of benzene rings is 1. The minimum Gasteiger partial charge on any atom is -0.496 e. The third-order valence-corrected chi connectivity index (χ3v) is 3.66. The summed E-state index contributed by atoms with van der Waals surface area (Å²) >= 11 is 1.51. The van der Waals surface area contributed by atoms with E-state index < -0.39 is 5.97 Å². The molecule has 0 bridgehead atoms. The molecular weight excluding hydrogens is 262 g/mol. The molecule has 0 atom stereocenters. The normalized spacial score (nSPS) is 10.4. The van der Waals surface area contributed by atoms with Gasteiger partial charge in [0.1, 0.15) is 10.8 Å². The van der Waals surface area contributed by atoms with Crippen LogP contribution in [0.2, 0.25) is 0 Å². The maximum absolute atomic E-state index is 10.5. The highest BCUT2D eigenvalue weighted by Gasteiger charge is 2.11. The van der Waals surface area contributed by atoms with Gasteiger partial charge in [0.25, 0.3) is 0 Å². The molecule has 2 rings (SSSR count). The zero-order chi connectivity index (χ0) is 13.8. The van der Waals surface area contributed by atoms with Crippen LogP contribution in [0.5, 0.6) is 5.75 Å². The van der Waals surface area contributed by atoms with Gasteiger partial charge in [-0.05, 0) is 24.6 Å². The van der Waals surface area contributed by atoms with Gasteiger partial charge in [0.2, 0.25) is 0 Å². The smallest absolute Gasteiger partial charge is 0.303 e. The first kappa shape index (κ1) is 13.5. The number of aromatic nitrogens is 1. The molecule has 100 valence electrons. The van der Waals surface area contributed by atoms with E-state index in [1.165, 1.54) is 11.3 Å². The van der Waals surface area contributed by atoms with E-state index in [4.69, 9.17) is 9.84 Å². The average Bonchev–Trinajstić information content (AvgIpc) is 2.84. The van der Waals surface area contributed by atoms with E-state index in [1.807, 2.05) is 30.5 Å². The third-order valence-electron chi connectivity index (χ3n) is 2.73. The molecule has 0 fully saturated rings. The van der Waals surface area contributed by atoms with Gasteiger partial charge < -0.3 is 9.84 Å². The van der Waals surface area contributed by atoms with Gasteiger partial charge in [-0.1, -0.05) is 6.07 Å². The zero-order valence-corrected chi connectivity index (χ0v) is 11.7. The summed E-state index contributed by atoms with van der Waals surface area (Å²) in [7, 11) is 1.64. The van der Waals surface area contributed by atoms with Crippen molar-refractivity contribution in [1.82, 2.24) is 4.98 Å². The van der Waals surface area contributed by atoms with E-state index in [-0.39, 0.29) is 6.42 Å². The molecule has 0 aliphatic heterocycles. The summed E-state index contributed by atoms with van der Waals surface area (Å²) in [5.41, 5.74) is 2.88. The highest BCUT2D eigenvalue weighted by Crippen LogP contribution is 2.33. The van der Waals surface area contributed by atoms with Crippen LogP contribution in [0.25, 0.3) is 10.6 Å². The molecule has 19 heavy (non-hydrogen) atoms. The van der Waals surface area contributed by atoms with Gasteiger partial charge in [-0.2, -0.15) is 0 Å². The molecule has 0 radical (unpaired) electrons. The van der Waals surface area contributed by atoms with Crippen molar-refractivity contribution in [1.29, 1.82) is 0 Å². The number of carbonyl (C=O) groups is 1. The van der Waals surface area contributed by atoms with Gasteiger partial charge in [-0.3, -0.25) is 4.79 Å². The summed E-state index contributed by atoms with van der Waals surface area (Å²) in [5, 5.41) is 11.4. The van der Waals surface area contributed by atoms with E-state index >= 15 is 0 Å². The van der Waals surface area contributed by atoms with E-state index in [0.29, 0.717) is 6.42 Å². The Kier molecular flexibility index (Phi) is 4.16. The minimum atomic E-state index is -0.803. The van der Waals surface area contributed by atoms with Crippen LogP contribution in [0, 0.1) is 6.92 Å². The Morgan fingerprint density at radius 1 is 1.47 bits per heavy atom. The van der Waals surface area contributed by atoms with Gasteiger partial charge in [-0.15, -0.1) is 11.3 Å². The topological polar surface area (TPSA) is 59.4 Å². The molecule has 0 amide bonds. The molecule has 5 heteroatoms. The van der Waals surface area contributed by atoms with Crippen molar-refractivity contribution in [2.45, 2.75) is 19.8 Å². The van der Waals surface area contributed by atoms with E-state index in [0.717, 1.165) is 27.6 Å². The molecule has 2 aromatic rings. The molecule has 1 N–H and O–H groups in total. The van der Waals surface area contributed by atoms with Gasteiger partial charge in [0, 0.05) is 11.8 Å². The number of carboxylic acids is 1. The first-order chi connectivity index (χ1) is 9.10. The van der Waals surface area contributed by atoms with Crippen LogP contribution >= 0.6 is 11.3 Å². The summed E-state index contributed by atoms with van der Waals surface area (Å²) in [5.74, 6) is -0.0124. The van der Waals surface area contributed by atoms with E-state index in [2.05, 4.69) is 4.98 Å². The SMILES string of the molecule is COc1cc(C)ccc1-c1nc(CCC(=O)O)cs1. The Balaban J connectivity index is 2.25. The van der Waals surface area contributed by atoms with Gasteiger partial charge >= 0.3 is 5.97 Å². The Hall–Kier alpha value is -1.88. The second-order valence-electron chi connectivity index (χ2n) is 4.24. The number of hydrogen-bond donors (Lipinski definition) is 1. The molecule has 0 saturated carbocycles. The van der Waals surface area contributed by atoms with Gasteiger partial charge in [0.15, 0.2) is 0 Å². The summed E-state index contributed by atoms with van der Waals surface area (Å²) in [4.78, 5) is 15.0. The average molecular weight is 277 g/mol. The number of hydrogen-bond acceptors (Lipinski definition) is 4. The lowest BCUT2D eigenvalue weighted by molar-refractivity contribution is -0.136. The van der Waals surface area contributed by atoms with Crippen LogP contribution in [-0.4, -0.2) is 23.2 Å². The number of aliphatic carboxylic acids is 1. The van der Waals surface area contributed by atoms with Crippen LogP contribution in [0.15, 0.2) is 23.6 Å². The highest BCUT2D eigenvalue weighted by molar-refractivity contribution is 7.13. The lowest BCUT2D eigenvalue weighted by Gasteiger charge is -2.06. The van der Waals surface area contributed by atoms with Crippen LogP contribution < -0.4 is 4.74 Å². The van der Waals surface area contributed by atoms with E-state index in [1.54, 1.807) is 7.11 Å². The fraction of sp³-hybridized carbons (Fsp3) is 0.286. The highest BCUT2D eigenvalue weighted by atomic mass is 32.1. The molecule has 4 nitrogen and oxygen atoms in total. The van der Waals surface area contributed by atoms with Crippen molar-refractivity contribution >= 4 is 17.3 Å². The molecule has 0 aliphatic rings. The number of methoxy groups -OCH3 is 1. The van der Waals surface area contributed by atoms with Crippen LogP contribution in [-0.2, 0) is 11.2 Å². The number of rotatable bonds is 5. The van der Waals surface area contributed by atoms with Crippen molar-refractivity contribution in [2.24, 2.45) is 0 Å². The quantitative estimate of drug-likeness (QED) is 0.912. The minimum absolute atomic E-state index is 0.105. The Morgan fingerprint density at radius 3 is 2.95 bits per heavy atom. The third kappa shape index (κ3) is 3.32. The summed E-state index contributed by atoms with van der Waals surface area (Å²) < 4.78 is 5.36. The van der Waals surface area contributed by atoms with Gasteiger partial charge in [0.05, 0.1) is 24.8 Å². The van der Waals surface area contributed by atoms with Crippen molar-refractivity contribution in [2.75, 3.05) is 7.11 Å². The first-order valence-corrected chi connectivity index (χ1v) is 6.79. The van der Waals surface area contributed by atoms with Crippen LogP contribution in [0.1, 0.15) is 17.7 Å². The Bertz CT molecular complexity index is 592. The van der Waals surface area contributed by atoms with Crippen molar-refractivity contribution in [3.63, 3.8) is 0 Å². The fourth-order valence-corrected chi connectivity index (χ4v) is 2.64. The summed E-state index contributed by atoms with van der Waals surface area (Å²) in [6.45, 7) is 2.01. The predicted octanol–water partition coefficient (Wildman–Crippen LogP) is 3.14. The lowest BCUT2D eigenvalue weighted by atomic mass is 10.1. The Morgan fingerprint density at radius 2 is 2.26 bits per heavy atom. The van der Waals surface area contributed by atoms with Crippen molar-refractivity contribution < 1.29 is 14.6 Å². The molecule has 0 aliphatic carbocycles. The first-order valence-electron chi connectivity index (χ1n) is 5.91. The maximum Gasteiger partial charge on any atom is 0.303 e. The number of thiazole rings is 1. The maximum atomic E-state index is 10.5. The number of nitrogens with zero attached hydrogens (tertiary/aromatic N) is 1. The number of ether oxygens (including phenoxy) is 1. The molecule has 0 saturated heterocycles. The van der Waals surface area contributed by atoms with E-state index in [9.17, 15) is 4.79 Å². The number of aryl methyl sites for hydroxylation is 2. The number of carboxylic acid groups (broad SMARTS) is 1. The van der Waals surface area contributed by atoms with Gasteiger partial charge in [-0.25, -0.2) is 4.98 Å². The second kappa shape index (κ2) is 5.84. The largest absolute Gasteiger partial charge is 0.496 e. The fourth-order valence-electron chi connectivity index (χ4n) is 1.76. The second-order valence-corrected chi connectivity index (χ2v) is 5.10. The Labute approximate surface area is 115 Å². The van der Waals surface area contributed by atoms with Crippen molar-refractivity contribution in [3.8, 4) is 16.3 Å². The van der Waals surface area contributed by atoms with Crippen LogP contribution in [0.3, 0.4) is 0 Å². The lowest BCUT2D eigenvalue weighted by Crippen LogP contribution is -1.97.